The third-order valence-corrected chi connectivity index (χ3v) is 3.28. The van der Waals surface area contributed by atoms with E-state index in [0.29, 0.717) is 5.56 Å². The first kappa shape index (κ1) is 13.3. The molecule has 3 nitrogen and oxygen atoms in total. The van der Waals surface area contributed by atoms with Gasteiger partial charge in [0.15, 0.2) is 0 Å². The van der Waals surface area contributed by atoms with E-state index in [-0.39, 0.29) is 6.04 Å². The van der Waals surface area contributed by atoms with Crippen molar-refractivity contribution in [1.29, 1.82) is 5.26 Å². The Kier molecular flexibility index (Phi) is 4.27. The third kappa shape index (κ3) is 3.40. The number of nitrogens with one attached hydrogen (secondary N) is 1. The molecule has 3 heteroatoms. The Morgan fingerprint density at radius 3 is 2.63 bits per heavy atom. The molecule has 0 saturated heterocycles. The fraction of sp³-hybridized carbons (Fsp3) is 0.250. The number of nitrogens with zero attached hydrogens (tertiary/aromatic N) is 2. The van der Waals surface area contributed by atoms with E-state index in [2.05, 4.69) is 23.3 Å². The van der Waals surface area contributed by atoms with Crippen LogP contribution in [0.25, 0.3) is 0 Å². The van der Waals surface area contributed by atoms with Crippen molar-refractivity contribution in [1.82, 2.24) is 10.3 Å². The van der Waals surface area contributed by atoms with Gasteiger partial charge >= 0.3 is 0 Å². The Morgan fingerprint density at radius 1 is 1.26 bits per heavy atom. The van der Waals surface area contributed by atoms with Crippen molar-refractivity contribution < 1.29 is 0 Å². The van der Waals surface area contributed by atoms with Gasteiger partial charge < -0.3 is 5.32 Å². The molecular formula is C16H17N3. The lowest BCUT2D eigenvalue weighted by atomic mass is 10.0. The topological polar surface area (TPSA) is 48.7 Å². The molecule has 0 amide bonds. The van der Waals surface area contributed by atoms with Crippen LogP contribution in [0.5, 0.6) is 0 Å². The van der Waals surface area contributed by atoms with E-state index in [1.165, 1.54) is 11.1 Å². The molecule has 0 spiro atoms. The number of nitriles is 1. The minimum atomic E-state index is 0.276. The van der Waals surface area contributed by atoms with E-state index in [0.717, 1.165) is 12.1 Å². The summed E-state index contributed by atoms with van der Waals surface area (Å²) >= 11 is 0. The molecule has 1 aromatic heterocycles. The number of rotatable bonds is 4. The highest BCUT2D eigenvalue weighted by molar-refractivity contribution is 5.37. The Balaban J connectivity index is 2.01. The summed E-state index contributed by atoms with van der Waals surface area (Å²) in [5, 5.41) is 12.3. The summed E-state index contributed by atoms with van der Waals surface area (Å²) in [5.74, 6) is 0. The average Bonchev–Trinajstić information content (AvgIpc) is 2.46. The number of benzene rings is 1. The van der Waals surface area contributed by atoms with Gasteiger partial charge in [0.25, 0.3) is 0 Å². The lowest BCUT2D eigenvalue weighted by Crippen LogP contribution is -2.18. The van der Waals surface area contributed by atoms with Crippen LogP contribution in [0.2, 0.25) is 0 Å². The number of aromatic nitrogens is 1. The Labute approximate surface area is 113 Å². The molecule has 0 aliphatic heterocycles. The maximum Gasteiger partial charge on any atom is 0.0991 e. The van der Waals surface area contributed by atoms with Gasteiger partial charge in [0.05, 0.1) is 11.6 Å². The van der Waals surface area contributed by atoms with Crippen molar-refractivity contribution in [2.45, 2.75) is 26.4 Å². The molecule has 0 radical (unpaired) electrons. The van der Waals surface area contributed by atoms with Crippen molar-refractivity contribution in [3.05, 3.63) is 65.0 Å². The average molecular weight is 251 g/mol. The standard InChI is InChI=1S/C16H17N3/c1-12-9-14(10-17)3-4-16(12)11-19-13(2)15-5-7-18-8-6-15/h3-9,13,19H,11H2,1-2H3/t13-/m1/s1. The Bertz CT molecular complexity index is 585. The van der Waals surface area contributed by atoms with Gasteiger partial charge in [0.1, 0.15) is 0 Å². The molecular weight excluding hydrogens is 234 g/mol. The molecule has 2 aromatic rings. The fourth-order valence-corrected chi connectivity index (χ4v) is 2.00. The lowest BCUT2D eigenvalue weighted by molar-refractivity contribution is 0.573. The zero-order valence-corrected chi connectivity index (χ0v) is 11.2. The van der Waals surface area contributed by atoms with E-state index in [4.69, 9.17) is 5.26 Å². The number of pyridine rings is 1. The molecule has 19 heavy (non-hydrogen) atoms. The van der Waals surface area contributed by atoms with Crippen LogP contribution in [0.4, 0.5) is 0 Å². The van der Waals surface area contributed by atoms with E-state index in [1.807, 2.05) is 37.3 Å². The largest absolute Gasteiger partial charge is 0.306 e. The molecule has 0 bridgehead atoms. The third-order valence-electron chi connectivity index (χ3n) is 3.28. The second kappa shape index (κ2) is 6.12. The minimum Gasteiger partial charge on any atom is -0.306 e. The summed E-state index contributed by atoms with van der Waals surface area (Å²) in [5.41, 5.74) is 4.30. The zero-order valence-electron chi connectivity index (χ0n) is 11.2. The Morgan fingerprint density at radius 2 is 2.00 bits per heavy atom. The van der Waals surface area contributed by atoms with Crippen LogP contribution in [0, 0.1) is 18.3 Å². The number of hydrogen-bond donors (Lipinski definition) is 1. The molecule has 2 rings (SSSR count). The van der Waals surface area contributed by atoms with E-state index < -0.39 is 0 Å². The van der Waals surface area contributed by atoms with E-state index >= 15 is 0 Å². The van der Waals surface area contributed by atoms with Crippen LogP contribution >= 0.6 is 0 Å². The van der Waals surface area contributed by atoms with Crippen molar-refractivity contribution in [2.24, 2.45) is 0 Å². The normalized spacial score (nSPS) is 11.8. The first-order valence-corrected chi connectivity index (χ1v) is 6.33. The van der Waals surface area contributed by atoms with Crippen LogP contribution in [0.15, 0.2) is 42.7 Å². The summed E-state index contributed by atoms with van der Waals surface area (Å²) in [6.07, 6.45) is 3.61. The summed E-state index contributed by atoms with van der Waals surface area (Å²) in [6, 6.07) is 12.3. The molecule has 1 heterocycles. The van der Waals surface area contributed by atoms with E-state index in [1.54, 1.807) is 12.4 Å². The molecule has 0 fully saturated rings. The van der Waals surface area contributed by atoms with Crippen LogP contribution in [0.1, 0.15) is 35.2 Å². The van der Waals surface area contributed by atoms with Gasteiger partial charge in [-0.25, -0.2) is 0 Å². The minimum absolute atomic E-state index is 0.276. The molecule has 1 aromatic carbocycles. The molecule has 1 N–H and O–H groups in total. The molecule has 0 saturated carbocycles. The maximum absolute atomic E-state index is 8.85. The number of aryl methyl sites for hydroxylation is 1. The van der Waals surface area contributed by atoms with Gasteiger partial charge in [0, 0.05) is 25.0 Å². The number of hydrogen-bond acceptors (Lipinski definition) is 3. The Hall–Kier alpha value is -2.18. The van der Waals surface area contributed by atoms with Crippen LogP contribution in [-0.4, -0.2) is 4.98 Å². The van der Waals surface area contributed by atoms with Crippen molar-refractivity contribution >= 4 is 0 Å². The highest BCUT2D eigenvalue weighted by Gasteiger charge is 2.05. The van der Waals surface area contributed by atoms with Crippen LogP contribution in [-0.2, 0) is 6.54 Å². The highest BCUT2D eigenvalue weighted by atomic mass is 14.9. The lowest BCUT2D eigenvalue weighted by Gasteiger charge is -2.15. The zero-order chi connectivity index (χ0) is 13.7. The SMILES string of the molecule is Cc1cc(C#N)ccc1CN[C@H](C)c1ccncc1. The fourth-order valence-electron chi connectivity index (χ4n) is 2.00. The van der Waals surface area contributed by atoms with Gasteiger partial charge in [-0.3, -0.25) is 4.98 Å². The second-order valence-electron chi connectivity index (χ2n) is 4.64. The monoisotopic (exact) mass is 251 g/mol. The quantitative estimate of drug-likeness (QED) is 0.908. The van der Waals surface area contributed by atoms with Crippen LogP contribution < -0.4 is 5.32 Å². The van der Waals surface area contributed by atoms with Gasteiger partial charge in [-0.05, 0) is 54.8 Å². The molecule has 0 aliphatic rings. The van der Waals surface area contributed by atoms with Gasteiger partial charge in [-0.15, -0.1) is 0 Å². The van der Waals surface area contributed by atoms with Crippen molar-refractivity contribution in [2.75, 3.05) is 0 Å². The van der Waals surface area contributed by atoms with Gasteiger partial charge in [0.2, 0.25) is 0 Å². The van der Waals surface area contributed by atoms with Crippen molar-refractivity contribution in [3.8, 4) is 6.07 Å². The second-order valence-corrected chi connectivity index (χ2v) is 4.64. The van der Waals surface area contributed by atoms with Gasteiger partial charge in [-0.1, -0.05) is 6.07 Å². The summed E-state index contributed by atoms with van der Waals surface area (Å²) in [4.78, 5) is 4.02. The first-order chi connectivity index (χ1) is 9.20. The summed E-state index contributed by atoms with van der Waals surface area (Å²) in [7, 11) is 0. The first-order valence-electron chi connectivity index (χ1n) is 6.33. The molecule has 0 aliphatic carbocycles. The molecule has 1 atom stereocenters. The molecule has 96 valence electrons. The smallest absolute Gasteiger partial charge is 0.0991 e. The van der Waals surface area contributed by atoms with E-state index in [9.17, 15) is 0 Å². The summed E-state index contributed by atoms with van der Waals surface area (Å²) in [6.45, 7) is 4.96. The van der Waals surface area contributed by atoms with Crippen LogP contribution in [0.3, 0.4) is 0 Å². The predicted molar refractivity (Wildman–Crippen MR) is 75.4 cm³/mol. The van der Waals surface area contributed by atoms with Gasteiger partial charge in [-0.2, -0.15) is 5.26 Å². The maximum atomic E-state index is 8.85. The highest BCUT2D eigenvalue weighted by Crippen LogP contribution is 2.14. The summed E-state index contributed by atoms with van der Waals surface area (Å²) < 4.78 is 0. The van der Waals surface area contributed by atoms with Crippen molar-refractivity contribution in [3.63, 3.8) is 0 Å². The molecule has 0 unspecified atom stereocenters. The predicted octanol–water partition coefficient (Wildman–Crippen LogP) is 3.11.